The van der Waals surface area contributed by atoms with Crippen LogP contribution in [0.2, 0.25) is 0 Å². The molecule has 0 aliphatic rings. The van der Waals surface area contributed by atoms with Gasteiger partial charge in [0.15, 0.2) is 4.21 Å². The number of aliphatic hydroxyl groups excluding tert-OH is 1. The number of aromatic nitrogens is 1. The summed E-state index contributed by atoms with van der Waals surface area (Å²) in [5.74, 6) is 0. The topological polar surface area (TPSA) is 99.3 Å². The normalized spacial score (nSPS) is 12.8. The number of aryl methyl sites for hydroxylation is 1. The molecule has 1 aromatic rings. The molecule has 6 nitrogen and oxygen atoms in total. The molecule has 0 aromatic carbocycles. The number of aliphatic hydroxyl groups is 1. The van der Waals surface area contributed by atoms with Gasteiger partial charge in [0, 0.05) is 18.8 Å². The van der Waals surface area contributed by atoms with Crippen molar-refractivity contribution in [3.63, 3.8) is 0 Å². The summed E-state index contributed by atoms with van der Waals surface area (Å²) in [6.45, 7) is 5.77. The highest BCUT2D eigenvalue weighted by Gasteiger charge is 2.24. The van der Waals surface area contributed by atoms with Crippen molar-refractivity contribution in [2.24, 2.45) is 5.41 Å². The lowest BCUT2D eigenvalue weighted by atomic mass is 9.88. The molecule has 0 unspecified atom stereocenters. The van der Waals surface area contributed by atoms with Crippen molar-refractivity contribution < 1.29 is 13.5 Å². The molecule has 0 aliphatic carbocycles. The minimum Gasteiger partial charge on any atom is -0.396 e. The van der Waals surface area contributed by atoms with E-state index in [0.717, 1.165) is 0 Å². The fourth-order valence-electron chi connectivity index (χ4n) is 1.65. The third kappa shape index (κ3) is 4.72. The highest BCUT2D eigenvalue weighted by atomic mass is 32.2. The molecule has 0 radical (unpaired) electrons. The highest BCUT2D eigenvalue weighted by Crippen LogP contribution is 2.23. The maximum atomic E-state index is 12.1. The molecular formula is C11H20N2O4S2. The molecule has 0 saturated heterocycles. The summed E-state index contributed by atoms with van der Waals surface area (Å²) in [6.07, 6.45) is 1.35. The van der Waals surface area contributed by atoms with Crippen LogP contribution in [-0.2, 0) is 10.0 Å². The molecule has 19 heavy (non-hydrogen) atoms. The van der Waals surface area contributed by atoms with Crippen molar-refractivity contribution in [1.82, 2.24) is 9.71 Å². The zero-order chi connectivity index (χ0) is 14.7. The lowest BCUT2D eigenvalue weighted by Crippen LogP contribution is -2.34. The Bertz CT molecular complexity index is 572. The van der Waals surface area contributed by atoms with Crippen molar-refractivity contribution in [3.8, 4) is 0 Å². The third-order valence-corrected chi connectivity index (χ3v) is 5.78. The Morgan fingerprint density at radius 2 is 2.05 bits per heavy atom. The molecule has 1 rings (SSSR count). The van der Waals surface area contributed by atoms with Gasteiger partial charge in [-0.1, -0.05) is 25.2 Å². The van der Waals surface area contributed by atoms with E-state index in [1.807, 2.05) is 13.8 Å². The molecule has 0 amide bonds. The minimum atomic E-state index is -3.65. The Morgan fingerprint density at radius 1 is 1.42 bits per heavy atom. The Labute approximate surface area is 116 Å². The van der Waals surface area contributed by atoms with E-state index in [9.17, 15) is 13.2 Å². The minimum absolute atomic E-state index is 0.0375. The second-order valence-electron chi connectivity index (χ2n) is 5.24. The molecule has 0 fully saturated rings. The molecule has 0 bridgehead atoms. The molecule has 0 atom stereocenters. The first-order valence-corrected chi connectivity index (χ1v) is 8.28. The van der Waals surface area contributed by atoms with Crippen LogP contribution in [0.3, 0.4) is 0 Å². The van der Waals surface area contributed by atoms with Gasteiger partial charge in [-0.3, -0.25) is 4.79 Å². The number of aromatic amines is 1. The summed E-state index contributed by atoms with van der Waals surface area (Å²) in [6, 6.07) is 0. The van der Waals surface area contributed by atoms with Gasteiger partial charge < -0.3 is 10.1 Å². The van der Waals surface area contributed by atoms with Gasteiger partial charge in [0.2, 0.25) is 0 Å². The van der Waals surface area contributed by atoms with E-state index >= 15 is 0 Å². The number of sulfonamides is 1. The zero-order valence-electron chi connectivity index (χ0n) is 11.3. The Kier molecular flexibility index (Phi) is 5.31. The summed E-state index contributed by atoms with van der Waals surface area (Å²) in [5, 5.41) is 8.80. The molecule has 0 saturated carbocycles. The molecule has 0 spiro atoms. The summed E-state index contributed by atoms with van der Waals surface area (Å²) in [7, 11) is -3.65. The van der Waals surface area contributed by atoms with Crippen molar-refractivity contribution in [1.29, 1.82) is 0 Å². The van der Waals surface area contributed by atoms with E-state index in [-0.39, 0.29) is 27.6 Å². The fourth-order valence-corrected chi connectivity index (χ4v) is 4.23. The lowest BCUT2D eigenvalue weighted by Gasteiger charge is -2.24. The van der Waals surface area contributed by atoms with Crippen molar-refractivity contribution in [2.45, 2.75) is 37.8 Å². The Balaban J connectivity index is 2.76. The van der Waals surface area contributed by atoms with Gasteiger partial charge in [0.25, 0.3) is 10.0 Å². The molecule has 1 aromatic heterocycles. The molecular weight excluding hydrogens is 288 g/mol. The van der Waals surface area contributed by atoms with E-state index in [1.54, 1.807) is 6.92 Å². The van der Waals surface area contributed by atoms with Crippen molar-refractivity contribution >= 4 is 21.4 Å². The Hall–Kier alpha value is -0.700. The van der Waals surface area contributed by atoms with Crippen LogP contribution in [0, 0.1) is 12.3 Å². The summed E-state index contributed by atoms with van der Waals surface area (Å²) in [4.78, 5) is 13.2. The smallest absolute Gasteiger partial charge is 0.305 e. The first-order chi connectivity index (χ1) is 8.68. The highest BCUT2D eigenvalue weighted by molar-refractivity contribution is 7.91. The second kappa shape index (κ2) is 6.17. The number of nitrogens with one attached hydrogen (secondary N) is 2. The van der Waals surface area contributed by atoms with E-state index in [0.29, 0.717) is 29.9 Å². The van der Waals surface area contributed by atoms with Gasteiger partial charge >= 0.3 is 4.87 Å². The molecule has 0 aliphatic heterocycles. The first kappa shape index (κ1) is 16.4. The Morgan fingerprint density at radius 3 is 2.53 bits per heavy atom. The van der Waals surface area contributed by atoms with Crippen LogP contribution >= 0.6 is 11.3 Å². The van der Waals surface area contributed by atoms with Gasteiger partial charge in [-0.2, -0.15) is 0 Å². The number of thiazole rings is 1. The number of rotatable bonds is 7. The quantitative estimate of drug-likeness (QED) is 0.694. The molecule has 8 heteroatoms. The standard InChI is InChI=1S/C11H20N2O4S2/c1-8-9(18-10(15)13-8)19(16,17)12-7-11(2,3)5-4-6-14/h12,14H,4-7H2,1-3H3,(H,13,15). The van der Waals surface area contributed by atoms with Crippen LogP contribution < -0.4 is 9.60 Å². The summed E-state index contributed by atoms with van der Waals surface area (Å²) >= 11 is 0.688. The van der Waals surface area contributed by atoms with Crippen LogP contribution in [0.25, 0.3) is 0 Å². The van der Waals surface area contributed by atoms with Crippen LogP contribution in [0.5, 0.6) is 0 Å². The fraction of sp³-hybridized carbons (Fsp3) is 0.727. The summed E-state index contributed by atoms with van der Waals surface area (Å²) < 4.78 is 26.7. The SMILES string of the molecule is Cc1[nH]c(=O)sc1S(=O)(=O)NCC(C)(C)CCCO. The van der Waals surface area contributed by atoms with Crippen LogP contribution in [0.1, 0.15) is 32.4 Å². The van der Waals surface area contributed by atoms with E-state index in [2.05, 4.69) is 9.71 Å². The lowest BCUT2D eigenvalue weighted by molar-refractivity contribution is 0.242. The molecule has 1 heterocycles. The summed E-state index contributed by atoms with van der Waals surface area (Å²) in [5.41, 5.74) is 0.112. The van der Waals surface area contributed by atoms with Crippen molar-refractivity contribution in [2.75, 3.05) is 13.2 Å². The first-order valence-electron chi connectivity index (χ1n) is 5.98. The number of hydrogen-bond donors (Lipinski definition) is 3. The van der Waals surface area contributed by atoms with Crippen LogP contribution in [0.4, 0.5) is 0 Å². The number of H-pyrrole nitrogens is 1. The van der Waals surface area contributed by atoms with Gasteiger partial charge in [0.05, 0.1) is 0 Å². The maximum absolute atomic E-state index is 12.1. The van der Waals surface area contributed by atoms with Crippen molar-refractivity contribution in [3.05, 3.63) is 15.4 Å². The van der Waals surface area contributed by atoms with Gasteiger partial charge in [-0.15, -0.1) is 0 Å². The monoisotopic (exact) mass is 308 g/mol. The third-order valence-electron chi connectivity index (χ3n) is 2.78. The average molecular weight is 308 g/mol. The van der Waals surface area contributed by atoms with Gasteiger partial charge in [0.1, 0.15) is 0 Å². The maximum Gasteiger partial charge on any atom is 0.305 e. The second-order valence-corrected chi connectivity index (χ2v) is 8.19. The zero-order valence-corrected chi connectivity index (χ0v) is 12.9. The van der Waals surface area contributed by atoms with Crippen LogP contribution in [-0.4, -0.2) is 31.7 Å². The molecule has 3 N–H and O–H groups in total. The largest absolute Gasteiger partial charge is 0.396 e. The van der Waals surface area contributed by atoms with Crippen LogP contribution in [0.15, 0.2) is 9.00 Å². The van der Waals surface area contributed by atoms with Gasteiger partial charge in [-0.05, 0) is 25.2 Å². The van der Waals surface area contributed by atoms with Gasteiger partial charge in [-0.25, -0.2) is 13.1 Å². The average Bonchev–Trinajstić information content (AvgIpc) is 2.65. The predicted molar refractivity (Wildman–Crippen MR) is 75.0 cm³/mol. The predicted octanol–water partition coefficient (Wildman–Crippen LogP) is 0.822. The number of hydrogen-bond acceptors (Lipinski definition) is 5. The van der Waals surface area contributed by atoms with E-state index in [1.165, 1.54) is 0 Å². The molecule has 110 valence electrons. The van der Waals surface area contributed by atoms with E-state index < -0.39 is 10.0 Å². The van der Waals surface area contributed by atoms with E-state index in [4.69, 9.17) is 5.11 Å².